The van der Waals surface area contributed by atoms with Gasteiger partial charge in [0.05, 0.1) is 5.56 Å². The number of primary amides is 1. The monoisotopic (exact) mass is 264 g/mol. The second-order valence-corrected chi connectivity index (χ2v) is 3.55. The van der Waals surface area contributed by atoms with Gasteiger partial charge in [0, 0.05) is 12.6 Å². The van der Waals surface area contributed by atoms with Gasteiger partial charge < -0.3 is 5.73 Å². The molecule has 0 saturated carbocycles. The van der Waals surface area contributed by atoms with Crippen molar-refractivity contribution < 1.29 is 18.0 Å². The number of amides is 1. The SMILES string of the molecule is NC(=O)CC=Cc1cc(Cl)ncc1C(F)(F)F. The minimum Gasteiger partial charge on any atom is -0.369 e. The molecule has 0 aromatic carbocycles. The maximum absolute atomic E-state index is 12.6. The molecule has 2 N–H and O–H groups in total. The third-order valence-electron chi connectivity index (χ3n) is 1.82. The summed E-state index contributed by atoms with van der Waals surface area (Å²) in [7, 11) is 0. The first-order valence-electron chi connectivity index (χ1n) is 4.48. The number of pyridine rings is 1. The summed E-state index contributed by atoms with van der Waals surface area (Å²) in [5, 5.41) is -0.0586. The summed E-state index contributed by atoms with van der Waals surface area (Å²) in [6.45, 7) is 0. The molecule has 1 aromatic heterocycles. The Hall–Kier alpha value is -1.56. The van der Waals surface area contributed by atoms with Gasteiger partial charge in [-0.1, -0.05) is 23.8 Å². The van der Waals surface area contributed by atoms with Crippen LogP contribution in [0.25, 0.3) is 6.08 Å². The number of halogens is 4. The molecule has 92 valence electrons. The molecule has 0 aliphatic rings. The number of carbonyl (C=O) groups excluding carboxylic acids is 1. The van der Waals surface area contributed by atoms with Crippen LogP contribution in [0.3, 0.4) is 0 Å². The van der Waals surface area contributed by atoms with Crippen LogP contribution in [0.1, 0.15) is 17.5 Å². The fourth-order valence-electron chi connectivity index (χ4n) is 1.12. The zero-order valence-electron chi connectivity index (χ0n) is 8.46. The third kappa shape index (κ3) is 4.07. The van der Waals surface area contributed by atoms with Gasteiger partial charge in [0.1, 0.15) is 5.15 Å². The number of carbonyl (C=O) groups is 1. The molecule has 0 radical (unpaired) electrons. The molecule has 1 heterocycles. The van der Waals surface area contributed by atoms with Crippen molar-refractivity contribution >= 4 is 23.6 Å². The summed E-state index contributed by atoms with van der Waals surface area (Å²) in [6, 6.07) is 1.07. The number of nitrogens with two attached hydrogens (primary N) is 1. The van der Waals surface area contributed by atoms with Crippen LogP contribution in [-0.2, 0) is 11.0 Å². The lowest BCUT2D eigenvalue weighted by Gasteiger charge is -2.09. The van der Waals surface area contributed by atoms with Crippen molar-refractivity contribution in [2.45, 2.75) is 12.6 Å². The first kappa shape index (κ1) is 13.5. The van der Waals surface area contributed by atoms with E-state index >= 15 is 0 Å². The molecule has 17 heavy (non-hydrogen) atoms. The van der Waals surface area contributed by atoms with Gasteiger partial charge in [-0.05, 0) is 11.6 Å². The van der Waals surface area contributed by atoms with Crippen LogP contribution < -0.4 is 5.73 Å². The van der Waals surface area contributed by atoms with Crippen LogP contribution in [0.15, 0.2) is 18.3 Å². The van der Waals surface area contributed by atoms with E-state index in [2.05, 4.69) is 4.98 Å². The van der Waals surface area contributed by atoms with Gasteiger partial charge >= 0.3 is 6.18 Å². The summed E-state index contributed by atoms with van der Waals surface area (Å²) in [4.78, 5) is 13.8. The van der Waals surface area contributed by atoms with Crippen molar-refractivity contribution in [3.63, 3.8) is 0 Å². The lowest BCUT2D eigenvalue weighted by Crippen LogP contribution is -2.09. The van der Waals surface area contributed by atoms with Gasteiger partial charge in [-0.3, -0.25) is 4.79 Å². The van der Waals surface area contributed by atoms with E-state index in [0.717, 1.165) is 12.1 Å². The summed E-state index contributed by atoms with van der Waals surface area (Å²) >= 11 is 5.50. The standard InChI is InChI=1S/C10H8ClF3N2O/c11-8-4-6(2-1-3-9(15)17)7(5-16-8)10(12,13)14/h1-2,4-5H,3H2,(H2,15,17). The van der Waals surface area contributed by atoms with Crippen LogP contribution in [0.2, 0.25) is 5.15 Å². The minimum atomic E-state index is -4.52. The van der Waals surface area contributed by atoms with E-state index in [0.29, 0.717) is 6.20 Å². The maximum atomic E-state index is 12.6. The molecule has 0 spiro atoms. The first-order valence-corrected chi connectivity index (χ1v) is 4.86. The molecule has 1 rings (SSSR count). The van der Waals surface area contributed by atoms with E-state index < -0.39 is 17.6 Å². The first-order chi connectivity index (χ1) is 7.80. The molecule has 0 unspecified atom stereocenters. The van der Waals surface area contributed by atoms with Gasteiger partial charge in [-0.25, -0.2) is 4.98 Å². The highest BCUT2D eigenvalue weighted by molar-refractivity contribution is 6.29. The number of alkyl halides is 3. The molecule has 3 nitrogen and oxygen atoms in total. The second kappa shape index (κ2) is 5.18. The molecule has 0 aliphatic carbocycles. The Morgan fingerprint density at radius 3 is 2.71 bits per heavy atom. The summed E-state index contributed by atoms with van der Waals surface area (Å²) in [6.07, 6.45) is -1.64. The van der Waals surface area contributed by atoms with Gasteiger partial charge in [0.15, 0.2) is 0 Å². The number of aromatic nitrogens is 1. The van der Waals surface area contributed by atoms with Gasteiger partial charge in [0.25, 0.3) is 0 Å². The topological polar surface area (TPSA) is 56.0 Å². The van der Waals surface area contributed by atoms with E-state index in [4.69, 9.17) is 17.3 Å². The van der Waals surface area contributed by atoms with Crippen LogP contribution in [0.5, 0.6) is 0 Å². The van der Waals surface area contributed by atoms with Crippen molar-refractivity contribution in [1.29, 1.82) is 0 Å². The summed E-state index contributed by atoms with van der Waals surface area (Å²) in [5.74, 6) is -0.630. The van der Waals surface area contributed by atoms with Crippen LogP contribution >= 0.6 is 11.6 Å². The maximum Gasteiger partial charge on any atom is 0.418 e. The molecule has 0 fully saturated rings. The van der Waals surface area contributed by atoms with Crippen molar-refractivity contribution in [3.8, 4) is 0 Å². The predicted octanol–water partition coefficient (Wildman–Crippen LogP) is 2.64. The number of rotatable bonds is 3. The summed E-state index contributed by atoms with van der Waals surface area (Å²) < 4.78 is 37.7. The molecular formula is C10H8ClF3N2O. The summed E-state index contributed by atoms with van der Waals surface area (Å²) in [5.41, 5.74) is 3.79. The largest absolute Gasteiger partial charge is 0.418 e. The van der Waals surface area contributed by atoms with Crippen LogP contribution in [0.4, 0.5) is 13.2 Å². The molecule has 0 atom stereocenters. The molecular weight excluding hydrogens is 257 g/mol. The average molecular weight is 265 g/mol. The minimum absolute atomic E-state index is 0.0586. The molecule has 7 heteroatoms. The van der Waals surface area contributed by atoms with Crippen molar-refractivity contribution in [3.05, 3.63) is 34.6 Å². The molecule has 1 aromatic rings. The fourth-order valence-corrected chi connectivity index (χ4v) is 1.29. The Balaban J connectivity index is 3.08. The smallest absolute Gasteiger partial charge is 0.369 e. The second-order valence-electron chi connectivity index (χ2n) is 3.16. The number of nitrogens with zero attached hydrogens (tertiary/aromatic N) is 1. The van der Waals surface area contributed by atoms with Gasteiger partial charge in [-0.2, -0.15) is 13.2 Å². The Labute approximate surface area is 100 Å². The highest BCUT2D eigenvalue weighted by atomic mass is 35.5. The Morgan fingerprint density at radius 1 is 1.53 bits per heavy atom. The Morgan fingerprint density at radius 2 is 2.18 bits per heavy atom. The van der Waals surface area contributed by atoms with Crippen molar-refractivity contribution in [2.24, 2.45) is 5.73 Å². The number of hydrogen-bond acceptors (Lipinski definition) is 2. The third-order valence-corrected chi connectivity index (χ3v) is 2.03. The zero-order chi connectivity index (χ0) is 13.1. The predicted molar refractivity (Wildman–Crippen MR) is 57.1 cm³/mol. The normalized spacial score (nSPS) is 12.0. The van der Waals surface area contributed by atoms with E-state index in [9.17, 15) is 18.0 Å². The van der Waals surface area contributed by atoms with Gasteiger partial charge in [0.2, 0.25) is 5.91 Å². The molecule has 0 saturated heterocycles. The van der Waals surface area contributed by atoms with Gasteiger partial charge in [-0.15, -0.1) is 0 Å². The molecule has 0 aliphatic heterocycles. The van der Waals surface area contributed by atoms with Crippen molar-refractivity contribution in [2.75, 3.05) is 0 Å². The molecule has 1 amide bonds. The fraction of sp³-hybridized carbons (Fsp3) is 0.200. The lowest BCUT2D eigenvalue weighted by atomic mass is 10.1. The number of hydrogen-bond donors (Lipinski definition) is 1. The van der Waals surface area contributed by atoms with E-state index in [-0.39, 0.29) is 17.1 Å². The van der Waals surface area contributed by atoms with Crippen molar-refractivity contribution in [1.82, 2.24) is 4.98 Å². The van der Waals surface area contributed by atoms with E-state index in [1.165, 1.54) is 6.08 Å². The highest BCUT2D eigenvalue weighted by Crippen LogP contribution is 2.32. The quantitative estimate of drug-likeness (QED) is 0.853. The van der Waals surface area contributed by atoms with E-state index in [1.54, 1.807) is 0 Å². The van der Waals surface area contributed by atoms with Crippen LogP contribution in [0, 0.1) is 0 Å². The lowest BCUT2D eigenvalue weighted by molar-refractivity contribution is -0.138. The van der Waals surface area contributed by atoms with E-state index in [1.807, 2.05) is 0 Å². The average Bonchev–Trinajstić information content (AvgIpc) is 2.15. The highest BCUT2D eigenvalue weighted by Gasteiger charge is 2.33. The van der Waals surface area contributed by atoms with Crippen LogP contribution in [-0.4, -0.2) is 10.9 Å². The Kier molecular flexibility index (Phi) is 4.11. The Bertz CT molecular complexity index is 457. The molecule has 0 bridgehead atoms. The zero-order valence-corrected chi connectivity index (χ0v) is 9.22.